The van der Waals surface area contributed by atoms with Gasteiger partial charge in [0.1, 0.15) is 0 Å². The van der Waals surface area contributed by atoms with Crippen LogP contribution in [0, 0.1) is 17.3 Å². The van der Waals surface area contributed by atoms with Crippen molar-refractivity contribution in [3.05, 3.63) is 71.3 Å². The smallest absolute Gasteiger partial charge is 0.312 e. The number of esters is 1. The number of benzene rings is 2. The summed E-state index contributed by atoms with van der Waals surface area (Å²) in [6, 6.07) is 16.4. The minimum absolute atomic E-state index is 0.365. The highest BCUT2D eigenvalue weighted by Gasteiger charge is 2.27. The predicted octanol–water partition coefficient (Wildman–Crippen LogP) is 4.18. The lowest BCUT2D eigenvalue weighted by atomic mass is 9.96. The number of carbonyl (C=O) groups excluding carboxylic acids is 2. The summed E-state index contributed by atoms with van der Waals surface area (Å²) < 4.78 is 5.59. The molecule has 24 heavy (non-hydrogen) atoms. The first-order chi connectivity index (χ1) is 11.4. The van der Waals surface area contributed by atoms with Gasteiger partial charge < -0.3 is 4.74 Å². The number of hydrogen-bond donors (Lipinski definition) is 0. The van der Waals surface area contributed by atoms with Gasteiger partial charge in [-0.3, -0.25) is 9.59 Å². The van der Waals surface area contributed by atoms with Crippen molar-refractivity contribution in [3.63, 3.8) is 0 Å². The molecule has 0 aliphatic carbocycles. The predicted molar refractivity (Wildman–Crippen MR) is 93.4 cm³/mol. The van der Waals surface area contributed by atoms with Crippen LogP contribution in [0.2, 0.25) is 0 Å². The van der Waals surface area contributed by atoms with Gasteiger partial charge in [-0.1, -0.05) is 48.4 Å². The SMILES string of the molecule is CC(C)(C)C(=O)OC(C#Cc1ccccc1)c1ccccc1C=O. The van der Waals surface area contributed by atoms with Gasteiger partial charge in [-0.2, -0.15) is 0 Å². The zero-order chi connectivity index (χ0) is 17.6. The monoisotopic (exact) mass is 320 g/mol. The van der Waals surface area contributed by atoms with Crippen LogP contribution in [0.25, 0.3) is 0 Å². The molecule has 0 aliphatic heterocycles. The number of aldehydes is 1. The zero-order valence-corrected chi connectivity index (χ0v) is 14.1. The minimum atomic E-state index is -0.793. The third-order valence-corrected chi connectivity index (χ3v) is 3.36. The number of rotatable bonds is 3. The summed E-state index contributed by atoms with van der Waals surface area (Å²) in [5, 5.41) is 0. The van der Waals surface area contributed by atoms with Crippen molar-refractivity contribution in [2.24, 2.45) is 5.41 Å². The van der Waals surface area contributed by atoms with Crippen molar-refractivity contribution < 1.29 is 14.3 Å². The van der Waals surface area contributed by atoms with Crippen molar-refractivity contribution in [2.75, 3.05) is 0 Å². The van der Waals surface area contributed by atoms with Gasteiger partial charge in [0.2, 0.25) is 0 Å². The Balaban J connectivity index is 2.40. The normalized spacial score (nSPS) is 11.8. The second-order valence-corrected chi connectivity index (χ2v) is 6.42. The first kappa shape index (κ1) is 17.5. The second kappa shape index (κ2) is 7.61. The molecule has 3 heteroatoms. The summed E-state index contributed by atoms with van der Waals surface area (Å²) in [7, 11) is 0. The third-order valence-electron chi connectivity index (χ3n) is 3.36. The number of hydrogen-bond acceptors (Lipinski definition) is 3. The summed E-state index contributed by atoms with van der Waals surface area (Å²) >= 11 is 0. The molecule has 2 aromatic carbocycles. The van der Waals surface area contributed by atoms with Crippen LogP contribution >= 0.6 is 0 Å². The van der Waals surface area contributed by atoms with Gasteiger partial charge >= 0.3 is 5.97 Å². The van der Waals surface area contributed by atoms with Crippen LogP contribution in [0.5, 0.6) is 0 Å². The first-order valence-electron chi connectivity index (χ1n) is 7.73. The van der Waals surface area contributed by atoms with Crippen LogP contribution < -0.4 is 0 Å². The Morgan fingerprint density at radius 2 is 1.67 bits per heavy atom. The Hall–Kier alpha value is -2.86. The molecule has 3 nitrogen and oxygen atoms in total. The molecule has 1 unspecified atom stereocenters. The molecule has 0 fully saturated rings. The maximum absolute atomic E-state index is 12.3. The Kier molecular flexibility index (Phi) is 5.55. The van der Waals surface area contributed by atoms with Crippen molar-refractivity contribution in [1.82, 2.24) is 0 Å². The number of carbonyl (C=O) groups is 2. The summed E-state index contributed by atoms with van der Waals surface area (Å²) in [5.74, 6) is 5.62. The topological polar surface area (TPSA) is 43.4 Å². The Morgan fingerprint density at radius 1 is 1.04 bits per heavy atom. The van der Waals surface area contributed by atoms with Crippen LogP contribution in [0.4, 0.5) is 0 Å². The van der Waals surface area contributed by atoms with Crippen molar-refractivity contribution >= 4 is 12.3 Å². The van der Waals surface area contributed by atoms with Crippen LogP contribution in [0.1, 0.15) is 48.4 Å². The van der Waals surface area contributed by atoms with Crippen LogP contribution in [0.15, 0.2) is 54.6 Å². The van der Waals surface area contributed by atoms with E-state index in [2.05, 4.69) is 11.8 Å². The quantitative estimate of drug-likeness (QED) is 0.484. The van der Waals surface area contributed by atoms with E-state index < -0.39 is 11.5 Å². The Bertz CT molecular complexity index is 774. The zero-order valence-electron chi connectivity index (χ0n) is 14.1. The van der Waals surface area contributed by atoms with E-state index in [1.807, 2.05) is 30.3 Å². The van der Waals surface area contributed by atoms with Gasteiger partial charge in [0, 0.05) is 16.7 Å². The van der Waals surface area contributed by atoms with E-state index in [9.17, 15) is 9.59 Å². The fourth-order valence-electron chi connectivity index (χ4n) is 1.98. The van der Waals surface area contributed by atoms with Gasteiger partial charge in [-0.15, -0.1) is 0 Å². The summed E-state index contributed by atoms with van der Waals surface area (Å²) in [6.07, 6.45) is -0.0457. The van der Waals surface area contributed by atoms with Crippen LogP contribution in [-0.4, -0.2) is 12.3 Å². The number of ether oxygens (including phenoxy) is 1. The molecule has 2 aromatic rings. The largest absolute Gasteiger partial charge is 0.444 e. The van der Waals surface area contributed by atoms with E-state index in [0.29, 0.717) is 11.1 Å². The molecule has 0 bridgehead atoms. The van der Waals surface area contributed by atoms with Gasteiger partial charge in [-0.05, 0) is 38.8 Å². The molecule has 0 radical (unpaired) electrons. The lowest BCUT2D eigenvalue weighted by Crippen LogP contribution is -2.25. The van der Waals surface area contributed by atoms with Crippen LogP contribution in [0.3, 0.4) is 0 Å². The minimum Gasteiger partial charge on any atom is -0.444 e. The maximum Gasteiger partial charge on any atom is 0.312 e. The molecule has 0 spiro atoms. The molecule has 0 saturated carbocycles. The van der Waals surface area contributed by atoms with Crippen molar-refractivity contribution in [1.29, 1.82) is 0 Å². The molecule has 0 aromatic heterocycles. The van der Waals surface area contributed by atoms with Gasteiger partial charge in [-0.25, -0.2) is 0 Å². The molecule has 0 amide bonds. The van der Waals surface area contributed by atoms with Gasteiger partial charge in [0.25, 0.3) is 0 Å². The highest BCUT2D eigenvalue weighted by molar-refractivity contribution is 5.79. The van der Waals surface area contributed by atoms with E-state index in [1.165, 1.54) is 0 Å². The highest BCUT2D eigenvalue weighted by Crippen LogP contribution is 2.25. The van der Waals surface area contributed by atoms with E-state index in [4.69, 9.17) is 4.74 Å². The fourth-order valence-corrected chi connectivity index (χ4v) is 1.98. The van der Waals surface area contributed by atoms with Crippen molar-refractivity contribution in [2.45, 2.75) is 26.9 Å². The first-order valence-corrected chi connectivity index (χ1v) is 7.73. The third kappa shape index (κ3) is 4.57. The van der Waals surface area contributed by atoms with E-state index >= 15 is 0 Å². The van der Waals surface area contributed by atoms with Gasteiger partial charge in [0.05, 0.1) is 5.41 Å². The fraction of sp³-hybridized carbons (Fsp3) is 0.238. The molecule has 0 N–H and O–H groups in total. The summed E-state index contributed by atoms with van der Waals surface area (Å²) in [4.78, 5) is 23.6. The molecule has 0 aliphatic rings. The van der Waals surface area contributed by atoms with Gasteiger partial charge in [0.15, 0.2) is 12.4 Å². The Morgan fingerprint density at radius 3 is 2.29 bits per heavy atom. The standard InChI is InChI=1S/C21H20O3/c1-21(2,3)20(23)24-19(14-13-16-9-5-4-6-10-16)18-12-8-7-11-17(18)15-22/h4-12,15,19H,1-3H3. The maximum atomic E-state index is 12.3. The lowest BCUT2D eigenvalue weighted by Gasteiger charge is -2.21. The average molecular weight is 320 g/mol. The molecule has 0 saturated heterocycles. The summed E-state index contributed by atoms with van der Waals surface area (Å²) in [5.41, 5.74) is 1.22. The molecule has 0 heterocycles. The average Bonchev–Trinajstić information content (AvgIpc) is 2.58. The second-order valence-electron chi connectivity index (χ2n) is 6.42. The van der Waals surface area contributed by atoms with E-state index in [1.54, 1.807) is 45.0 Å². The van der Waals surface area contributed by atoms with E-state index in [-0.39, 0.29) is 5.97 Å². The van der Waals surface area contributed by atoms with Crippen molar-refractivity contribution in [3.8, 4) is 11.8 Å². The van der Waals surface area contributed by atoms with Crippen LogP contribution in [-0.2, 0) is 9.53 Å². The van der Waals surface area contributed by atoms with E-state index in [0.717, 1.165) is 11.8 Å². The molecule has 2 rings (SSSR count). The summed E-state index contributed by atoms with van der Waals surface area (Å²) in [6.45, 7) is 5.34. The highest BCUT2D eigenvalue weighted by atomic mass is 16.5. The Labute approximate surface area is 142 Å². The molecular weight excluding hydrogens is 300 g/mol. The molecule has 1 atom stereocenters. The molecule has 122 valence electrons. The lowest BCUT2D eigenvalue weighted by molar-refractivity contribution is -0.156. The molecular formula is C21H20O3.